The molecular weight excluding hydrogens is 168 g/mol. The second-order valence-corrected chi connectivity index (χ2v) is 2.15. The predicted molar refractivity (Wildman–Crippen MR) is 42.1 cm³/mol. The Kier molecular flexibility index (Phi) is 4.29. The van der Waals surface area contributed by atoms with Gasteiger partial charge in [-0.3, -0.25) is 9.59 Å². The number of hydrogen-bond donors (Lipinski definition) is 2. The molecule has 0 unspecified atom stereocenters. The summed E-state index contributed by atoms with van der Waals surface area (Å²) in [7, 11) is 0. The maximum Gasteiger partial charge on any atom is 0.245 e. The Bertz CT molecular complexity index is 191. The van der Waals surface area contributed by atoms with Crippen LogP contribution in [0.2, 0.25) is 0 Å². The average Bonchev–Trinajstić information content (AvgIpc) is 1.99. The lowest BCUT2D eigenvalue weighted by Crippen LogP contribution is -2.30. The summed E-state index contributed by atoms with van der Waals surface area (Å²) < 4.78 is 0. The lowest BCUT2D eigenvalue weighted by Gasteiger charge is -2.01. The van der Waals surface area contributed by atoms with Crippen LogP contribution >= 0.6 is 11.6 Å². The first-order valence-electron chi connectivity index (χ1n) is 2.88. The molecule has 0 aromatic heterocycles. The van der Waals surface area contributed by atoms with Crippen LogP contribution in [0.3, 0.4) is 0 Å². The minimum absolute atomic E-state index is 0.0564. The van der Waals surface area contributed by atoms with E-state index in [2.05, 4.69) is 11.9 Å². The van der Waals surface area contributed by atoms with Crippen molar-refractivity contribution in [2.75, 3.05) is 12.4 Å². The highest BCUT2D eigenvalue weighted by Gasteiger charge is 2.02. The molecule has 0 aliphatic rings. The highest BCUT2D eigenvalue weighted by atomic mass is 35.5. The first-order chi connectivity index (χ1) is 5.07. The van der Waals surface area contributed by atoms with Gasteiger partial charge < -0.3 is 11.1 Å². The fourth-order valence-corrected chi connectivity index (χ4v) is 0.434. The number of primary amides is 1. The van der Waals surface area contributed by atoms with Crippen molar-refractivity contribution >= 4 is 23.4 Å². The maximum atomic E-state index is 10.5. The number of hydrogen-bond acceptors (Lipinski definition) is 2. The molecule has 4 nitrogen and oxygen atoms in total. The van der Waals surface area contributed by atoms with Crippen LogP contribution in [0, 0.1) is 0 Å². The largest absolute Gasteiger partial charge is 0.366 e. The second kappa shape index (κ2) is 4.73. The van der Waals surface area contributed by atoms with Crippen LogP contribution in [0.25, 0.3) is 0 Å². The van der Waals surface area contributed by atoms with E-state index in [-0.39, 0.29) is 23.9 Å². The van der Waals surface area contributed by atoms with E-state index in [0.717, 1.165) is 0 Å². The van der Waals surface area contributed by atoms with Crippen LogP contribution in [0.1, 0.15) is 0 Å². The van der Waals surface area contributed by atoms with Crippen LogP contribution in [0.15, 0.2) is 12.2 Å². The average molecular weight is 177 g/mol. The summed E-state index contributed by atoms with van der Waals surface area (Å²) in [6.45, 7) is 3.38. The molecule has 0 aliphatic heterocycles. The van der Waals surface area contributed by atoms with Gasteiger partial charge in [0.1, 0.15) is 5.88 Å². The van der Waals surface area contributed by atoms with Crippen LogP contribution < -0.4 is 11.1 Å². The van der Waals surface area contributed by atoms with Crippen LogP contribution in [0.4, 0.5) is 0 Å². The summed E-state index contributed by atoms with van der Waals surface area (Å²) in [5.74, 6) is -1.11. The molecule has 2 amide bonds. The zero-order valence-corrected chi connectivity index (χ0v) is 6.65. The van der Waals surface area contributed by atoms with Crippen molar-refractivity contribution < 1.29 is 9.59 Å². The van der Waals surface area contributed by atoms with E-state index in [0.29, 0.717) is 0 Å². The molecule has 0 saturated carbocycles. The van der Waals surface area contributed by atoms with Gasteiger partial charge in [0.2, 0.25) is 11.8 Å². The van der Waals surface area contributed by atoms with Crippen molar-refractivity contribution in [2.45, 2.75) is 0 Å². The van der Waals surface area contributed by atoms with Crippen molar-refractivity contribution in [1.82, 2.24) is 5.32 Å². The monoisotopic (exact) mass is 176 g/mol. The van der Waals surface area contributed by atoms with E-state index in [1.807, 2.05) is 0 Å². The lowest BCUT2D eigenvalue weighted by molar-refractivity contribution is -0.118. The summed E-state index contributed by atoms with van der Waals surface area (Å²) in [5.41, 5.74) is 5.00. The van der Waals surface area contributed by atoms with E-state index >= 15 is 0 Å². The van der Waals surface area contributed by atoms with E-state index in [4.69, 9.17) is 17.3 Å². The van der Waals surface area contributed by atoms with Crippen LogP contribution in [0.5, 0.6) is 0 Å². The number of rotatable bonds is 4. The second-order valence-electron chi connectivity index (χ2n) is 1.88. The molecule has 0 spiro atoms. The van der Waals surface area contributed by atoms with E-state index < -0.39 is 5.91 Å². The zero-order chi connectivity index (χ0) is 8.85. The number of nitrogens with two attached hydrogens (primary N) is 1. The first-order valence-corrected chi connectivity index (χ1v) is 3.41. The molecule has 0 aromatic carbocycles. The molecule has 0 saturated heterocycles. The molecule has 0 fully saturated rings. The summed E-state index contributed by atoms with van der Waals surface area (Å²) in [6, 6.07) is 0. The molecule has 0 aliphatic carbocycles. The minimum Gasteiger partial charge on any atom is -0.366 e. The number of amides is 2. The SMILES string of the molecule is C=C(CNC(=O)CCl)C(N)=O. The third-order valence-corrected chi connectivity index (χ3v) is 1.21. The van der Waals surface area contributed by atoms with Crippen molar-refractivity contribution in [2.24, 2.45) is 5.73 Å². The minimum atomic E-state index is -0.625. The Balaban J connectivity index is 3.63. The predicted octanol–water partition coefficient (Wildman–Crippen LogP) is -0.617. The van der Waals surface area contributed by atoms with Gasteiger partial charge in [-0.1, -0.05) is 6.58 Å². The van der Waals surface area contributed by atoms with Gasteiger partial charge in [0.25, 0.3) is 0 Å². The number of carbonyl (C=O) groups is 2. The van der Waals surface area contributed by atoms with Gasteiger partial charge in [0, 0.05) is 12.1 Å². The zero-order valence-electron chi connectivity index (χ0n) is 5.89. The summed E-state index contributed by atoms with van der Waals surface area (Å²) in [5, 5.41) is 2.34. The molecule has 0 heterocycles. The van der Waals surface area contributed by atoms with Gasteiger partial charge in [-0.25, -0.2) is 0 Å². The Morgan fingerprint density at radius 2 is 2.09 bits per heavy atom. The van der Waals surface area contributed by atoms with E-state index in [9.17, 15) is 9.59 Å². The molecule has 62 valence electrons. The van der Waals surface area contributed by atoms with E-state index in [1.54, 1.807) is 0 Å². The fraction of sp³-hybridized carbons (Fsp3) is 0.333. The van der Waals surface area contributed by atoms with Crippen molar-refractivity contribution in [3.63, 3.8) is 0 Å². The Morgan fingerprint density at radius 3 is 2.45 bits per heavy atom. The lowest BCUT2D eigenvalue weighted by atomic mass is 10.3. The number of alkyl halides is 1. The van der Waals surface area contributed by atoms with Gasteiger partial charge in [0.05, 0.1) is 0 Å². The summed E-state index contributed by atoms with van der Waals surface area (Å²) >= 11 is 5.16. The van der Waals surface area contributed by atoms with Gasteiger partial charge in [-0.05, 0) is 0 Å². The highest BCUT2D eigenvalue weighted by Crippen LogP contribution is 1.84. The molecule has 0 aromatic rings. The summed E-state index contributed by atoms with van der Waals surface area (Å²) in [6.07, 6.45) is 0. The third kappa shape index (κ3) is 4.38. The maximum absolute atomic E-state index is 10.5. The van der Waals surface area contributed by atoms with Crippen molar-refractivity contribution in [1.29, 1.82) is 0 Å². The summed E-state index contributed by atoms with van der Waals surface area (Å²) in [4.78, 5) is 20.8. The number of nitrogens with one attached hydrogen (secondary N) is 1. The van der Waals surface area contributed by atoms with Gasteiger partial charge >= 0.3 is 0 Å². The van der Waals surface area contributed by atoms with Crippen LogP contribution in [-0.2, 0) is 9.59 Å². The number of halogens is 1. The first kappa shape index (κ1) is 9.97. The topological polar surface area (TPSA) is 72.2 Å². The highest BCUT2D eigenvalue weighted by molar-refractivity contribution is 6.27. The van der Waals surface area contributed by atoms with Gasteiger partial charge in [-0.15, -0.1) is 11.6 Å². The quantitative estimate of drug-likeness (QED) is 0.443. The Hall–Kier alpha value is -1.03. The molecular formula is C6H9ClN2O2. The molecule has 5 heteroatoms. The fourth-order valence-electron chi connectivity index (χ4n) is 0.340. The third-order valence-electron chi connectivity index (χ3n) is 0.969. The molecule has 3 N–H and O–H groups in total. The Labute approximate surface area is 69.4 Å². The normalized spacial score (nSPS) is 8.82. The molecule has 0 rings (SSSR count). The van der Waals surface area contributed by atoms with Crippen LogP contribution in [-0.4, -0.2) is 24.2 Å². The van der Waals surface area contributed by atoms with Crippen molar-refractivity contribution in [3.8, 4) is 0 Å². The van der Waals surface area contributed by atoms with Gasteiger partial charge in [-0.2, -0.15) is 0 Å². The standard InChI is InChI=1S/C6H9ClN2O2/c1-4(6(8)11)3-9-5(10)2-7/h1-3H2,(H2,8,11)(H,9,10). The smallest absolute Gasteiger partial charge is 0.245 e. The molecule has 11 heavy (non-hydrogen) atoms. The molecule has 0 bridgehead atoms. The Morgan fingerprint density at radius 1 is 1.55 bits per heavy atom. The molecule has 0 radical (unpaired) electrons. The van der Waals surface area contributed by atoms with Gasteiger partial charge in [0.15, 0.2) is 0 Å². The number of carbonyl (C=O) groups excluding carboxylic acids is 2. The van der Waals surface area contributed by atoms with Crippen molar-refractivity contribution in [3.05, 3.63) is 12.2 Å². The van der Waals surface area contributed by atoms with E-state index in [1.165, 1.54) is 0 Å². The molecule has 0 atom stereocenters.